The third-order valence-electron chi connectivity index (χ3n) is 12.8. The fraction of sp³-hybridized carbons (Fsp3) is 0.684. The summed E-state index contributed by atoms with van der Waals surface area (Å²) in [6.07, 6.45) is 37.9. The van der Waals surface area contributed by atoms with E-state index in [4.69, 9.17) is 33.7 Å². The predicted octanol–water partition coefficient (Wildman–Crippen LogP) is 12.2. The number of rotatable bonds is 47. The first-order valence-corrected chi connectivity index (χ1v) is 30.0. The zero-order valence-corrected chi connectivity index (χ0v) is 47.1. The number of carbonyl (C=O) groups is 3. The molecule has 2 heterocycles. The minimum atomic E-state index is -4.69. The molecule has 1 unspecified atom stereocenters. The van der Waals surface area contributed by atoms with Crippen molar-refractivity contribution < 1.29 is 51.8 Å². The number of phosphoric acid groups is 1. The lowest BCUT2D eigenvalue weighted by atomic mass is 10.1. The Labute approximate surface area is 452 Å². The molecule has 0 aliphatic heterocycles. The van der Waals surface area contributed by atoms with Crippen LogP contribution in [0.5, 0.6) is 6.01 Å². The zero-order valence-electron chi connectivity index (χ0n) is 46.2. The number of anilines is 1. The molecule has 1 aromatic carbocycles. The fourth-order valence-corrected chi connectivity index (χ4v) is 9.10. The predicted molar refractivity (Wildman–Crippen MR) is 299 cm³/mol. The van der Waals surface area contributed by atoms with Crippen molar-refractivity contribution in [1.29, 1.82) is 0 Å². The Kier molecular flexibility index (Phi) is 35.5. The van der Waals surface area contributed by atoms with Crippen molar-refractivity contribution in [3.8, 4) is 6.01 Å². The molecule has 5 N–H and O–H groups in total. The van der Waals surface area contributed by atoms with Crippen molar-refractivity contribution in [2.45, 2.75) is 206 Å². The second kappa shape index (κ2) is 41.3. The number of aromatic nitrogens is 4. The molecule has 0 fully saturated rings. The van der Waals surface area contributed by atoms with Gasteiger partial charge in [-0.2, -0.15) is 9.97 Å². The van der Waals surface area contributed by atoms with Crippen LogP contribution in [0.15, 0.2) is 53.4 Å². The Morgan fingerprint density at radius 3 is 1.78 bits per heavy atom. The number of unbranched alkanes of at least 4 members (excludes halogenated alkanes) is 22. The molecule has 0 aliphatic carbocycles. The van der Waals surface area contributed by atoms with E-state index in [1.165, 1.54) is 88.7 Å². The van der Waals surface area contributed by atoms with Crippen LogP contribution in [-0.2, 0) is 44.0 Å². The zero-order chi connectivity index (χ0) is 54.9. The number of fused-ring (bicyclic) bond motifs is 1. The summed E-state index contributed by atoms with van der Waals surface area (Å²) in [7, 11) is -3.16. The number of nitrogens with one attached hydrogen (secondary N) is 2. The lowest BCUT2D eigenvalue weighted by Gasteiger charge is -2.20. The number of imidazole rings is 1. The second-order valence-electron chi connectivity index (χ2n) is 19.5. The number of nitrogens with zero attached hydrogens (tertiary/aromatic N) is 3. The topological polar surface area (TPSA) is 246 Å². The summed E-state index contributed by atoms with van der Waals surface area (Å²) in [5.74, 6) is -1.40. The number of H-pyrrole nitrogens is 1. The van der Waals surface area contributed by atoms with Gasteiger partial charge < -0.3 is 39.9 Å². The first-order valence-electron chi connectivity index (χ1n) is 28.5. The molecule has 2 aromatic heterocycles. The van der Waals surface area contributed by atoms with Crippen molar-refractivity contribution in [3.05, 3.63) is 70.2 Å². The summed E-state index contributed by atoms with van der Waals surface area (Å²) in [4.78, 5) is 73.0. The van der Waals surface area contributed by atoms with Gasteiger partial charge in [-0.3, -0.25) is 28.0 Å². The molecule has 0 aliphatic rings. The highest BCUT2D eigenvalue weighted by Gasteiger charge is 2.26. The van der Waals surface area contributed by atoms with Gasteiger partial charge in [-0.15, -0.1) is 0 Å². The van der Waals surface area contributed by atoms with Crippen LogP contribution in [0.1, 0.15) is 210 Å². The molecule has 76 heavy (non-hydrogen) atoms. The fourth-order valence-electron chi connectivity index (χ4n) is 8.34. The van der Waals surface area contributed by atoms with Gasteiger partial charge in [-0.1, -0.05) is 153 Å². The molecule has 3 aromatic rings. The molecule has 0 saturated heterocycles. The van der Waals surface area contributed by atoms with E-state index in [0.717, 1.165) is 77.0 Å². The minimum Gasteiger partial charge on any atom is -0.462 e. The van der Waals surface area contributed by atoms with Gasteiger partial charge in [0, 0.05) is 32.1 Å². The monoisotopic (exact) mass is 1080 g/mol. The van der Waals surface area contributed by atoms with E-state index in [1.807, 2.05) is 0 Å². The standard InChI is InChI=1S/C57H93N6O12P/c1-4-6-8-10-12-14-16-18-20-22-24-26-28-30-32-34-50(64)72-45-49(75-51(65)35-33-31-29-27-25-23-21-19-17-15-13-11-9-7-5-2)46-74-76(68,69)73-41-40-59-55(66)48-38-36-47(37-39-48)44-63-54-52(60-57(63)67)53(58)61-56(62-54)71-43-42-70-3/h18-21,36-39,49H,4-17,22-35,40-46H2,1-3H3,(H,59,66)(H,60,67)(H,68,69)(H2,58,61,62)/b20-18-,21-19-/t49-/m0/s1. The van der Waals surface area contributed by atoms with E-state index >= 15 is 0 Å². The molecule has 2 atom stereocenters. The molecular weight excluding hydrogens is 992 g/mol. The van der Waals surface area contributed by atoms with Gasteiger partial charge in [0.15, 0.2) is 17.6 Å². The van der Waals surface area contributed by atoms with Gasteiger partial charge in [0.1, 0.15) is 18.7 Å². The highest BCUT2D eigenvalue weighted by atomic mass is 31.2. The van der Waals surface area contributed by atoms with Crippen LogP contribution in [0, 0.1) is 0 Å². The smallest absolute Gasteiger partial charge is 0.462 e. The number of phosphoric ester groups is 1. The highest BCUT2D eigenvalue weighted by Crippen LogP contribution is 2.43. The number of hydrogen-bond donors (Lipinski definition) is 4. The Morgan fingerprint density at radius 2 is 1.22 bits per heavy atom. The van der Waals surface area contributed by atoms with E-state index in [0.29, 0.717) is 25.0 Å². The summed E-state index contributed by atoms with van der Waals surface area (Å²) in [6.45, 7) is 3.66. The van der Waals surface area contributed by atoms with Gasteiger partial charge in [-0.05, 0) is 81.9 Å². The van der Waals surface area contributed by atoms with E-state index in [1.54, 1.807) is 24.3 Å². The number of amides is 1. The molecule has 19 heteroatoms. The third kappa shape index (κ3) is 30.2. The number of nitrogens with two attached hydrogens (primary N) is 1. The van der Waals surface area contributed by atoms with Gasteiger partial charge in [0.25, 0.3) is 5.91 Å². The van der Waals surface area contributed by atoms with Crippen molar-refractivity contribution in [3.63, 3.8) is 0 Å². The van der Waals surface area contributed by atoms with Crippen molar-refractivity contribution in [2.24, 2.45) is 0 Å². The lowest BCUT2D eigenvalue weighted by Crippen LogP contribution is -2.30. The average molecular weight is 1090 g/mol. The van der Waals surface area contributed by atoms with Crippen LogP contribution in [-0.4, -0.2) is 95.1 Å². The summed E-state index contributed by atoms with van der Waals surface area (Å²) in [5.41, 5.74) is 7.08. The van der Waals surface area contributed by atoms with E-state index in [-0.39, 0.29) is 74.3 Å². The largest absolute Gasteiger partial charge is 0.472 e. The average Bonchev–Trinajstić information content (AvgIpc) is 3.74. The van der Waals surface area contributed by atoms with E-state index < -0.39 is 44.1 Å². The van der Waals surface area contributed by atoms with Crippen molar-refractivity contribution >= 4 is 42.7 Å². The number of aromatic amines is 1. The van der Waals surface area contributed by atoms with Crippen LogP contribution < -0.4 is 21.5 Å². The van der Waals surface area contributed by atoms with Gasteiger partial charge in [0.2, 0.25) is 0 Å². The van der Waals surface area contributed by atoms with Crippen LogP contribution >= 0.6 is 7.82 Å². The minimum absolute atomic E-state index is 0.00346. The number of carbonyl (C=O) groups excluding carboxylic acids is 3. The molecule has 0 spiro atoms. The Balaban J connectivity index is 1.41. The number of hydrogen-bond acceptors (Lipinski definition) is 14. The number of allylic oxidation sites excluding steroid dienone is 4. The summed E-state index contributed by atoms with van der Waals surface area (Å²) < 4.78 is 46.2. The SMILES string of the molecule is CCCCCCCC/C=C\CCCCCCCC(=O)OC[C@@H](COP(=O)(O)OCCNC(=O)c1ccc(Cn2c(=O)[nH]c3c(N)nc(OCCOC)nc32)cc1)OC(=O)CCCCCCC/C=C\CCCCCCCC. The second-order valence-corrected chi connectivity index (χ2v) is 20.9. The number of nitrogen functional groups attached to an aromatic ring is 1. The summed E-state index contributed by atoms with van der Waals surface area (Å²) >= 11 is 0. The molecule has 1 amide bonds. The first kappa shape index (κ1) is 65.4. The third-order valence-corrected chi connectivity index (χ3v) is 13.8. The number of benzene rings is 1. The molecule has 0 saturated carbocycles. The summed E-state index contributed by atoms with van der Waals surface area (Å²) in [6, 6.07) is 6.48. The molecule has 0 radical (unpaired) electrons. The number of esters is 2. The Hall–Kier alpha value is -4.87. The Bertz CT molecular complexity index is 2210. The quantitative estimate of drug-likeness (QED) is 0.0178. The molecule has 3 rings (SSSR count). The number of ether oxygens (including phenoxy) is 4. The van der Waals surface area contributed by atoms with Gasteiger partial charge >= 0.3 is 31.5 Å². The first-order chi connectivity index (χ1) is 37.0. The summed E-state index contributed by atoms with van der Waals surface area (Å²) in [5, 5.41) is 2.63. The lowest BCUT2D eigenvalue weighted by molar-refractivity contribution is -0.161. The Morgan fingerprint density at radius 1 is 0.697 bits per heavy atom. The van der Waals surface area contributed by atoms with Gasteiger partial charge in [0.05, 0.1) is 26.4 Å². The van der Waals surface area contributed by atoms with E-state index in [2.05, 4.69) is 58.4 Å². The molecule has 0 bridgehead atoms. The number of methoxy groups -OCH3 is 1. The highest BCUT2D eigenvalue weighted by molar-refractivity contribution is 7.47. The maximum atomic E-state index is 12.9. The van der Waals surface area contributed by atoms with Crippen LogP contribution in [0.25, 0.3) is 11.2 Å². The normalized spacial score (nSPS) is 12.9. The maximum absolute atomic E-state index is 12.9. The van der Waals surface area contributed by atoms with Crippen LogP contribution in [0.4, 0.5) is 5.82 Å². The molecule has 428 valence electrons. The van der Waals surface area contributed by atoms with Crippen LogP contribution in [0.2, 0.25) is 0 Å². The molecule has 18 nitrogen and oxygen atoms in total. The van der Waals surface area contributed by atoms with Crippen molar-refractivity contribution in [2.75, 3.05) is 52.4 Å². The molecular formula is C57H93N6O12P. The maximum Gasteiger partial charge on any atom is 0.472 e. The van der Waals surface area contributed by atoms with E-state index in [9.17, 15) is 28.6 Å². The van der Waals surface area contributed by atoms with Crippen molar-refractivity contribution in [1.82, 2.24) is 24.8 Å². The van der Waals surface area contributed by atoms with Gasteiger partial charge in [-0.25, -0.2) is 9.36 Å². The van der Waals surface area contributed by atoms with Crippen LogP contribution in [0.3, 0.4) is 0 Å².